The van der Waals surface area contributed by atoms with Crippen LogP contribution in [0.1, 0.15) is 31.2 Å². The lowest BCUT2D eigenvalue weighted by molar-refractivity contribution is -0.121. The summed E-state index contributed by atoms with van der Waals surface area (Å²) in [5.41, 5.74) is 0.989. The Balaban J connectivity index is 1.56. The molecule has 2 fully saturated rings. The molecule has 0 radical (unpaired) electrons. The molecule has 1 N–H and O–H groups in total. The van der Waals surface area contributed by atoms with Crippen LogP contribution < -0.4 is 5.32 Å². The van der Waals surface area contributed by atoms with Crippen LogP contribution in [-0.4, -0.2) is 11.9 Å². The fourth-order valence-corrected chi connectivity index (χ4v) is 3.72. The van der Waals surface area contributed by atoms with Gasteiger partial charge in [0.05, 0.1) is 6.42 Å². The number of hydrogen-bond donors (Lipinski definition) is 1. The van der Waals surface area contributed by atoms with Crippen LogP contribution in [0.2, 0.25) is 5.02 Å². The average Bonchev–Trinajstić information content (AvgIpc) is 2.90. The third-order valence-corrected chi connectivity index (χ3v) is 4.57. The van der Waals surface area contributed by atoms with Crippen LogP contribution in [0, 0.1) is 11.8 Å². The molecule has 96 valence electrons. The molecule has 1 aromatic carbocycles. The molecule has 1 amide bonds. The molecule has 2 nitrogen and oxygen atoms in total. The highest BCUT2D eigenvalue weighted by Crippen LogP contribution is 2.44. The summed E-state index contributed by atoms with van der Waals surface area (Å²) in [6.07, 6.45) is 5.61. The summed E-state index contributed by atoms with van der Waals surface area (Å²) in [6.45, 7) is 0. The first-order chi connectivity index (χ1) is 8.70. The third-order valence-electron chi connectivity index (χ3n) is 4.34. The summed E-state index contributed by atoms with van der Waals surface area (Å²) in [4.78, 5) is 12.0. The number of hydrogen-bond acceptors (Lipinski definition) is 1. The molecule has 0 aromatic heterocycles. The van der Waals surface area contributed by atoms with Crippen molar-refractivity contribution in [1.29, 1.82) is 0 Å². The van der Waals surface area contributed by atoms with Crippen molar-refractivity contribution < 1.29 is 4.79 Å². The Labute approximate surface area is 113 Å². The third kappa shape index (κ3) is 2.54. The molecular weight excluding hydrogens is 246 g/mol. The number of fused-ring (bicyclic) bond motifs is 2. The molecule has 2 aliphatic rings. The van der Waals surface area contributed by atoms with Gasteiger partial charge in [-0.25, -0.2) is 0 Å². The second kappa shape index (κ2) is 4.93. The van der Waals surface area contributed by atoms with E-state index in [1.807, 2.05) is 24.3 Å². The van der Waals surface area contributed by atoms with E-state index in [4.69, 9.17) is 11.6 Å². The predicted molar refractivity (Wildman–Crippen MR) is 72.5 cm³/mol. The zero-order chi connectivity index (χ0) is 12.5. The number of benzene rings is 1. The summed E-state index contributed by atoms with van der Waals surface area (Å²) in [6, 6.07) is 7.96. The number of halogens is 1. The van der Waals surface area contributed by atoms with Gasteiger partial charge in [-0.3, -0.25) is 4.79 Å². The summed E-state index contributed by atoms with van der Waals surface area (Å²) in [5.74, 6) is 1.74. The molecule has 0 aliphatic heterocycles. The molecule has 3 heteroatoms. The number of nitrogens with one attached hydrogen (secondary N) is 1. The topological polar surface area (TPSA) is 29.1 Å². The van der Waals surface area contributed by atoms with Gasteiger partial charge in [0.25, 0.3) is 0 Å². The van der Waals surface area contributed by atoms with E-state index in [2.05, 4.69) is 5.32 Å². The van der Waals surface area contributed by atoms with Gasteiger partial charge in [0.2, 0.25) is 5.91 Å². The maximum Gasteiger partial charge on any atom is 0.224 e. The predicted octanol–water partition coefficient (Wildman–Crippen LogP) is 3.19. The van der Waals surface area contributed by atoms with Gasteiger partial charge in [-0.15, -0.1) is 0 Å². The molecule has 3 rings (SSSR count). The monoisotopic (exact) mass is 263 g/mol. The zero-order valence-corrected chi connectivity index (χ0v) is 11.1. The van der Waals surface area contributed by atoms with Crippen molar-refractivity contribution in [2.24, 2.45) is 11.8 Å². The molecule has 2 saturated carbocycles. The zero-order valence-electron chi connectivity index (χ0n) is 10.4. The molecule has 0 unspecified atom stereocenters. The van der Waals surface area contributed by atoms with E-state index >= 15 is 0 Å². The van der Waals surface area contributed by atoms with Gasteiger partial charge in [-0.1, -0.05) is 30.2 Å². The highest BCUT2D eigenvalue weighted by molar-refractivity contribution is 6.30. The number of carbonyl (C=O) groups is 1. The fraction of sp³-hybridized carbons (Fsp3) is 0.533. The first-order valence-corrected chi connectivity index (χ1v) is 7.12. The second-order valence-corrected chi connectivity index (χ2v) is 6.09. The molecule has 1 aromatic rings. The van der Waals surface area contributed by atoms with Crippen molar-refractivity contribution in [3.63, 3.8) is 0 Å². The van der Waals surface area contributed by atoms with Crippen LogP contribution in [0.15, 0.2) is 24.3 Å². The van der Waals surface area contributed by atoms with E-state index in [9.17, 15) is 4.79 Å². The van der Waals surface area contributed by atoms with Gasteiger partial charge < -0.3 is 5.32 Å². The SMILES string of the molecule is O=C(Cc1cccc(Cl)c1)N[C@@H]1C[C@H]2CC[C@H]1C2. The maximum absolute atomic E-state index is 12.0. The Hall–Kier alpha value is -1.02. The Kier molecular flexibility index (Phi) is 3.29. The van der Waals surface area contributed by atoms with E-state index in [-0.39, 0.29) is 5.91 Å². The van der Waals surface area contributed by atoms with Gasteiger partial charge >= 0.3 is 0 Å². The highest BCUT2D eigenvalue weighted by Gasteiger charge is 2.39. The van der Waals surface area contributed by atoms with Crippen LogP contribution in [0.3, 0.4) is 0 Å². The maximum atomic E-state index is 12.0. The van der Waals surface area contributed by atoms with Crippen molar-refractivity contribution >= 4 is 17.5 Å². The second-order valence-electron chi connectivity index (χ2n) is 5.66. The van der Waals surface area contributed by atoms with Crippen LogP contribution >= 0.6 is 11.6 Å². The summed E-state index contributed by atoms with van der Waals surface area (Å²) < 4.78 is 0. The lowest BCUT2D eigenvalue weighted by Crippen LogP contribution is -2.39. The number of rotatable bonds is 3. The molecule has 18 heavy (non-hydrogen) atoms. The minimum absolute atomic E-state index is 0.134. The van der Waals surface area contributed by atoms with Gasteiger partial charge in [0.15, 0.2) is 0 Å². The van der Waals surface area contributed by atoms with E-state index < -0.39 is 0 Å². The standard InChI is InChI=1S/C15H18ClNO/c16-13-3-1-2-10(7-13)9-15(18)17-14-8-11-4-5-12(14)6-11/h1-3,7,11-12,14H,4-6,8-9H2,(H,17,18)/t11-,12-,14+/m0/s1. The van der Waals surface area contributed by atoms with Gasteiger partial charge in [-0.2, -0.15) is 0 Å². The first-order valence-electron chi connectivity index (χ1n) is 6.74. The van der Waals surface area contributed by atoms with Crippen molar-refractivity contribution in [3.05, 3.63) is 34.9 Å². The molecule has 0 spiro atoms. The van der Waals surface area contributed by atoms with E-state index in [1.165, 1.54) is 25.7 Å². The molecule has 3 atom stereocenters. The van der Waals surface area contributed by atoms with Crippen LogP contribution in [-0.2, 0) is 11.2 Å². The average molecular weight is 264 g/mol. The van der Waals surface area contributed by atoms with Gasteiger partial charge in [-0.05, 0) is 48.8 Å². The molecule has 0 heterocycles. The van der Waals surface area contributed by atoms with Crippen molar-refractivity contribution in [1.82, 2.24) is 5.32 Å². The van der Waals surface area contributed by atoms with Crippen LogP contribution in [0.4, 0.5) is 0 Å². The first kappa shape index (κ1) is 12.0. The summed E-state index contributed by atoms with van der Waals surface area (Å²) in [7, 11) is 0. The smallest absolute Gasteiger partial charge is 0.224 e. The minimum Gasteiger partial charge on any atom is -0.353 e. The van der Waals surface area contributed by atoms with E-state index in [0.717, 1.165) is 17.4 Å². The molecule has 2 aliphatic carbocycles. The Morgan fingerprint density at radius 3 is 2.89 bits per heavy atom. The number of amides is 1. The highest BCUT2D eigenvalue weighted by atomic mass is 35.5. The normalized spacial score (nSPS) is 29.5. The van der Waals surface area contributed by atoms with E-state index in [1.54, 1.807) is 0 Å². The fourth-order valence-electron chi connectivity index (χ4n) is 3.51. The van der Waals surface area contributed by atoms with Crippen LogP contribution in [0.25, 0.3) is 0 Å². The Morgan fingerprint density at radius 2 is 2.22 bits per heavy atom. The lowest BCUT2D eigenvalue weighted by atomic mass is 9.95. The lowest BCUT2D eigenvalue weighted by Gasteiger charge is -2.22. The number of carbonyl (C=O) groups excluding carboxylic acids is 1. The Bertz CT molecular complexity index is 460. The van der Waals surface area contributed by atoms with Gasteiger partial charge in [0.1, 0.15) is 0 Å². The van der Waals surface area contributed by atoms with Crippen molar-refractivity contribution in [2.75, 3.05) is 0 Å². The summed E-state index contributed by atoms with van der Waals surface area (Å²) in [5, 5.41) is 3.89. The van der Waals surface area contributed by atoms with Crippen molar-refractivity contribution in [2.45, 2.75) is 38.1 Å². The largest absolute Gasteiger partial charge is 0.353 e. The van der Waals surface area contributed by atoms with E-state index in [0.29, 0.717) is 17.5 Å². The van der Waals surface area contributed by atoms with Crippen molar-refractivity contribution in [3.8, 4) is 0 Å². The quantitative estimate of drug-likeness (QED) is 0.892. The molecular formula is C15H18ClNO. The summed E-state index contributed by atoms with van der Waals surface area (Å²) >= 11 is 5.92. The molecule has 0 saturated heterocycles. The molecule has 2 bridgehead atoms. The minimum atomic E-state index is 0.134. The Morgan fingerprint density at radius 1 is 1.33 bits per heavy atom. The van der Waals surface area contributed by atoms with Crippen LogP contribution in [0.5, 0.6) is 0 Å². The van der Waals surface area contributed by atoms with Gasteiger partial charge in [0, 0.05) is 11.1 Å².